The fourth-order valence-corrected chi connectivity index (χ4v) is 1.95. The molecular formula is C15H19Cl2NO3. The van der Waals surface area contributed by atoms with Crippen molar-refractivity contribution < 1.29 is 14.7 Å². The Kier molecular flexibility index (Phi) is 6.49. The van der Waals surface area contributed by atoms with E-state index in [4.69, 9.17) is 28.3 Å². The highest BCUT2D eigenvalue weighted by atomic mass is 35.5. The molecule has 0 aromatic heterocycles. The Bertz CT molecular complexity index is 530. The van der Waals surface area contributed by atoms with Crippen LogP contribution in [0.25, 0.3) is 0 Å². The van der Waals surface area contributed by atoms with Gasteiger partial charge in [0.15, 0.2) is 0 Å². The van der Waals surface area contributed by atoms with E-state index in [2.05, 4.69) is 5.32 Å². The summed E-state index contributed by atoms with van der Waals surface area (Å²) in [5, 5.41) is 12.6. The molecule has 0 bridgehead atoms. The molecule has 0 atom stereocenters. The number of carbonyl (C=O) groups excluding carboxylic acids is 1. The monoisotopic (exact) mass is 331 g/mol. The van der Waals surface area contributed by atoms with Gasteiger partial charge in [-0.15, -0.1) is 0 Å². The largest absolute Gasteiger partial charge is 0.481 e. The Morgan fingerprint density at radius 2 is 1.90 bits per heavy atom. The Morgan fingerprint density at radius 1 is 1.24 bits per heavy atom. The van der Waals surface area contributed by atoms with E-state index in [0.717, 1.165) is 5.56 Å². The van der Waals surface area contributed by atoms with Gasteiger partial charge in [-0.1, -0.05) is 29.3 Å². The summed E-state index contributed by atoms with van der Waals surface area (Å²) in [5.74, 6) is -1.08. The van der Waals surface area contributed by atoms with E-state index in [1.165, 1.54) is 0 Å². The first-order chi connectivity index (χ1) is 9.72. The van der Waals surface area contributed by atoms with Crippen LogP contribution in [0.3, 0.4) is 0 Å². The number of rotatable bonds is 7. The second-order valence-electron chi connectivity index (χ2n) is 5.57. The molecule has 21 heavy (non-hydrogen) atoms. The summed E-state index contributed by atoms with van der Waals surface area (Å²) in [6.45, 7) is 3.27. The molecule has 1 rings (SSSR count). The molecule has 0 unspecified atom stereocenters. The average Bonchev–Trinajstić information content (AvgIpc) is 2.40. The number of aryl methyl sites for hydroxylation is 1. The standard InChI is InChI=1S/C15H19Cl2NO3/c1-15(2,14(20)21)9-18-13(19)5-3-4-10-6-7-11(16)12(17)8-10/h6-8H,3-5,9H2,1-2H3,(H,18,19)(H,20,21). The van der Waals surface area contributed by atoms with E-state index >= 15 is 0 Å². The van der Waals surface area contributed by atoms with Crippen LogP contribution in [-0.2, 0) is 16.0 Å². The summed E-state index contributed by atoms with van der Waals surface area (Å²) in [6, 6.07) is 5.39. The zero-order valence-electron chi connectivity index (χ0n) is 12.1. The van der Waals surface area contributed by atoms with Crippen LogP contribution in [0.2, 0.25) is 10.0 Å². The second-order valence-corrected chi connectivity index (χ2v) is 6.38. The number of carboxylic acid groups (broad SMARTS) is 1. The lowest BCUT2D eigenvalue weighted by Crippen LogP contribution is -2.38. The van der Waals surface area contributed by atoms with Gasteiger partial charge in [0.25, 0.3) is 0 Å². The van der Waals surface area contributed by atoms with Gasteiger partial charge in [-0.25, -0.2) is 0 Å². The predicted molar refractivity (Wildman–Crippen MR) is 83.8 cm³/mol. The molecule has 0 saturated carbocycles. The van der Waals surface area contributed by atoms with Crippen LogP contribution in [0.5, 0.6) is 0 Å². The Balaban J connectivity index is 2.34. The van der Waals surface area contributed by atoms with Crippen LogP contribution in [0.1, 0.15) is 32.3 Å². The molecule has 1 amide bonds. The van der Waals surface area contributed by atoms with E-state index < -0.39 is 11.4 Å². The van der Waals surface area contributed by atoms with Gasteiger partial charge in [-0.2, -0.15) is 0 Å². The van der Waals surface area contributed by atoms with Gasteiger partial charge >= 0.3 is 5.97 Å². The third kappa shape index (κ3) is 5.94. The first-order valence-electron chi connectivity index (χ1n) is 6.66. The van der Waals surface area contributed by atoms with Crippen molar-refractivity contribution >= 4 is 35.1 Å². The Morgan fingerprint density at radius 3 is 2.48 bits per heavy atom. The van der Waals surface area contributed by atoms with Crippen molar-refractivity contribution in [1.29, 1.82) is 0 Å². The normalized spacial score (nSPS) is 11.2. The van der Waals surface area contributed by atoms with Gasteiger partial charge in [0, 0.05) is 13.0 Å². The maximum atomic E-state index is 11.7. The topological polar surface area (TPSA) is 66.4 Å². The Labute approximate surface area is 134 Å². The summed E-state index contributed by atoms with van der Waals surface area (Å²) in [4.78, 5) is 22.6. The van der Waals surface area contributed by atoms with Gasteiger partial charge in [-0.05, 0) is 44.4 Å². The molecular weight excluding hydrogens is 313 g/mol. The quantitative estimate of drug-likeness (QED) is 0.802. The van der Waals surface area contributed by atoms with Crippen LogP contribution in [-0.4, -0.2) is 23.5 Å². The minimum Gasteiger partial charge on any atom is -0.481 e. The predicted octanol–water partition coefficient (Wildman–Crippen LogP) is 3.54. The maximum absolute atomic E-state index is 11.7. The van der Waals surface area contributed by atoms with Crippen molar-refractivity contribution in [2.75, 3.05) is 6.54 Å². The number of carboxylic acids is 1. The van der Waals surface area contributed by atoms with Gasteiger partial charge in [0.1, 0.15) is 0 Å². The van der Waals surface area contributed by atoms with Crippen LogP contribution in [0.15, 0.2) is 18.2 Å². The number of aliphatic carboxylic acids is 1. The molecule has 0 aliphatic carbocycles. The molecule has 1 aromatic carbocycles. The number of nitrogens with one attached hydrogen (secondary N) is 1. The van der Waals surface area contributed by atoms with Gasteiger partial charge < -0.3 is 10.4 Å². The van der Waals surface area contributed by atoms with Crippen LogP contribution < -0.4 is 5.32 Å². The van der Waals surface area contributed by atoms with Gasteiger partial charge in [0.2, 0.25) is 5.91 Å². The number of halogens is 2. The first kappa shape index (κ1) is 17.8. The smallest absolute Gasteiger partial charge is 0.310 e. The summed E-state index contributed by atoms with van der Waals surface area (Å²) in [5.41, 5.74) is 0.0578. The molecule has 116 valence electrons. The van der Waals surface area contributed by atoms with E-state index in [0.29, 0.717) is 29.3 Å². The van der Waals surface area contributed by atoms with Crippen molar-refractivity contribution in [1.82, 2.24) is 5.32 Å². The summed E-state index contributed by atoms with van der Waals surface area (Å²) >= 11 is 11.7. The second kappa shape index (κ2) is 7.66. The van der Waals surface area contributed by atoms with Crippen molar-refractivity contribution in [2.45, 2.75) is 33.1 Å². The number of hydrogen-bond donors (Lipinski definition) is 2. The minimum absolute atomic E-state index is 0.119. The lowest BCUT2D eigenvalue weighted by molar-refractivity contribution is -0.146. The summed E-state index contributed by atoms with van der Waals surface area (Å²) in [6.07, 6.45) is 1.72. The van der Waals surface area contributed by atoms with Gasteiger partial charge in [0.05, 0.1) is 15.5 Å². The fourth-order valence-electron chi connectivity index (χ4n) is 1.63. The number of amides is 1. The van der Waals surface area contributed by atoms with E-state index in [-0.39, 0.29) is 12.5 Å². The maximum Gasteiger partial charge on any atom is 0.310 e. The van der Waals surface area contributed by atoms with E-state index in [1.54, 1.807) is 26.0 Å². The molecule has 1 aromatic rings. The first-order valence-corrected chi connectivity index (χ1v) is 7.42. The number of benzene rings is 1. The Hall–Kier alpha value is -1.26. The third-order valence-electron chi connectivity index (χ3n) is 3.16. The molecule has 4 nitrogen and oxygen atoms in total. The van der Waals surface area contributed by atoms with Crippen molar-refractivity contribution in [3.63, 3.8) is 0 Å². The minimum atomic E-state index is -0.959. The molecule has 0 saturated heterocycles. The zero-order chi connectivity index (χ0) is 16.0. The molecule has 2 N–H and O–H groups in total. The van der Waals surface area contributed by atoms with Crippen molar-refractivity contribution in [3.8, 4) is 0 Å². The lowest BCUT2D eigenvalue weighted by Gasteiger charge is -2.19. The number of hydrogen-bond acceptors (Lipinski definition) is 2. The molecule has 6 heteroatoms. The summed E-state index contributed by atoms with van der Waals surface area (Å²) < 4.78 is 0. The highest BCUT2D eigenvalue weighted by molar-refractivity contribution is 6.42. The van der Waals surface area contributed by atoms with Crippen molar-refractivity contribution in [2.24, 2.45) is 5.41 Å². The number of carbonyl (C=O) groups is 2. The SMILES string of the molecule is CC(C)(CNC(=O)CCCc1ccc(Cl)c(Cl)c1)C(=O)O. The molecule has 0 aliphatic heterocycles. The highest BCUT2D eigenvalue weighted by Gasteiger charge is 2.27. The third-order valence-corrected chi connectivity index (χ3v) is 3.90. The van der Waals surface area contributed by atoms with E-state index in [9.17, 15) is 9.59 Å². The van der Waals surface area contributed by atoms with Gasteiger partial charge in [-0.3, -0.25) is 9.59 Å². The van der Waals surface area contributed by atoms with E-state index in [1.807, 2.05) is 6.07 Å². The average molecular weight is 332 g/mol. The molecule has 0 heterocycles. The molecule has 0 aliphatic rings. The van der Waals surface area contributed by atoms with Crippen LogP contribution in [0, 0.1) is 5.41 Å². The van der Waals surface area contributed by atoms with Crippen LogP contribution >= 0.6 is 23.2 Å². The lowest BCUT2D eigenvalue weighted by atomic mass is 9.94. The van der Waals surface area contributed by atoms with Crippen molar-refractivity contribution in [3.05, 3.63) is 33.8 Å². The van der Waals surface area contributed by atoms with Crippen LogP contribution in [0.4, 0.5) is 0 Å². The molecule has 0 radical (unpaired) electrons. The summed E-state index contributed by atoms with van der Waals surface area (Å²) in [7, 11) is 0. The molecule has 0 fully saturated rings. The molecule has 0 spiro atoms. The highest BCUT2D eigenvalue weighted by Crippen LogP contribution is 2.23. The zero-order valence-corrected chi connectivity index (χ0v) is 13.6. The fraction of sp³-hybridized carbons (Fsp3) is 0.467.